The number of hydrogen-bond donors (Lipinski definition) is 0. The minimum Gasteiger partial charge on any atom is -0.481 e. The Hall–Kier alpha value is -3.61. The molecule has 1 amide bonds. The highest BCUT2D eigenvalue weighted by Gasteiger charge is 2.20. The van der Waals surface area contributed by atoms with Gasteiger partial charge < -0.3 is 9.64 Å². The Labute approximate surface area is 185 Å². The van der Waals surface area contributed by atoms with Crippen molar-refractivity contribution in [3.05, 3.63) is 77.5 Å². The molecule has 0 radical (unpaired) electrons. The van der Waals surface area contributed by atoms with Crippen LogP contribution in [0.15, 0.2) is 54.7 Å². The van der Waals surface area contributed by atoms with Gasteiger partial charge in [-0.2, -0.15) is 0 Å². The Kier molecular flexibility index (Phi) is 7.30. The Morgan fingerprint density at radius 2 is 1.75 bits per heavy atom. The number of hydrogen-bond acceptors (Lipinski definition) is 4. The number of nitrogens with zero attached hydrogens (tertiary/aromatic N) is 2. The number of rotatable bonds is 8. The summed E-state index contributed by atoms with van der Waals surface area (Å²) in [6, 6.07) is 12.8. The minimum absolute atomic E-state index is 0.0580. The second-order valence-electron chi connectivity index (χ2n) is 7.24. The standard InChI is InChI=1S/C25H24F2N2O3/c1-4-22(31)29(2)20-13-12-19(23(26)24(20)27)16-7-9-17(10-8-16)21(30)14-11-18-6-5-15-28-25(18)32-3/h5-10,12-13,15H,4,11,14H2,1-3H3. The van der Waals surface area contributed by atoms with E-state index in [0.29, 0.717) is 23.4 Å². The number of benzene rings is 2. The maximum Gasteiger partial charge on any atom is 0.226 e. The highest BCUT2D eigenvalue weighted by molar-refractivity contribution is 5.96. The first-order valence-corrected chi connectivity index (χ1v) is 10.2. The van der Waals surface area contributed by atoms with Crippen molar-refractivity contribution in [2.24, 2.45) is 0 Å². The molecule has 1 aromatic heterocycles. The largest absolute Gasteiger partial charge is 0.481 e. The number of pyridine rings is 1. The summed E-state index contributed by atoms with van der Waals surface area (Å²) in [7, 11) is 2.94. The molecule has 166 valence electrons. The van der Waals surface area contributed by atoms with E-state index in [1.807, 2.05) is 6.07 Å². The number of ketones is 1. The molecular formula is C25H24F2N2O3. The van der Waals surface area contributed by atoms with Crippen LogP contribution in [-0.2, 0) is 11.2 Å². The van der Waals surface area contributed by atoms with Gasteiger partial charge in [-0.15, -0.1) is 0 Å². The van der Waals surface area contributed by atoms with Crippen LogP contribution in [0, 0.1) is 11.6 Å². The average Bonchev–Trinajstić information content (AvgIpc) is 2.83. The van der Waals surface area contributed by atoms with Crippen molar-refractivity contribution < 1.29 is 23.1 Å². The minimum atomic E-state index is -1.09. The van der Waals surface area contributed by atoms with Gasteiger partial charge in [0.25, 0.3) is 0 Å². The maximum absolute atomic E-state index is 14.7. The monoisotopic (exact) mass is 438 g/mol. The summed E-state index contributed by atoms with van der Waals surface area (Å²) in [4.78, 5) is 29.6. The Morgan fingerprint density at radius 3 is 2.41 bits per heavy atom. The lowest BCUT2D eigenvalue weighted by molar-refractivity contribution is -0.118. The molecule has 0 bridgehead atoms. The van der Waals surface area contributed by atoms with E-state index in [1.165, 1.54) is 26.3 Å². The topological polar surface area (TPSA) is 59.5 Å². The molecule has 0 aliphatic carbocycles. The van der Waals surface area contributed by atoms with Gasteiger partial charge in [-0.25, -0.2) is 13.8 Å². The third-order valence-corrected chi connectivity index (χ3v) is 5.28. The van der Waals surface area contributed by atoms with Gasteiger partial charge in [-0.05, 0) is 30.2 Å². The summed E-state index contributed by atoms with van der Waals surface area (Å²) in [5.74, 6) is -2.03. The first kappa shape index (κ1) is 23.1. The fourth-order valence-corrected chi connectivity index (χ4v) is 3.42. The van der Waals surface area contributed by atoms with E-state index in [-0.39, 0.29) is 35.8 Å². The Bertz CT molecular complexity index is 1130. The van der Waals surface area contributed by atoms with Gasteiger partial charge in [0, 0.05) is 42.8 Å². The number of carbonyl (C=O) groups excluding carboxylic acids is 2. The molecule has 5 nitrogen and oxygen atoms in total. The molecular weight excluding hydrogens is 414 g/mol. The van der Waals surface area contributed by atoms with Gasteiger partial charge in [-0.3, -0.25) is 9.59 Å². The molecule has 0 aliphatic heterocycles. The van der Waals surface area contributed by atoms with E-state index in [1.54, 1.807) is 43.5 Å². The van der Waals surface area contributed by atoms with Gasteiger partial charge in [0.1, 0.15) is 0 Å². The van der Waals surface area contributed by atoms with Crippen LogP contribution in [0.5, 0.6) is 5.88 Å². The predicted octanol–water partition coefficient (Wildman–Crippen LogP) is 5.22. The summed E-state index contributed by atoms with van der Waals surface area (Å²) >= 11 is 0. The quantitative estimate of drug-likeness (QED) is 0.452. The number of halogens is 2. The van der Waals surface area contributed by atoms with Crippen molar-refractivity contribution in [3.63, 3.8) is 0 Å². The fourth-order valence-electron chi connectivity index (χ4n) is 3.42. The van der Waals surface area contributed by atoms with Crippen molar-refractivity contribution in [1.29, 1.82) is 0 Å². The zero-order chi connectivity index (χ0) is 23.3. The highest BCUT2D eigenvalue weighted by atomic mass is 19.2. The molecule has 0 saturated heterocycles. The maximum atomic E-state index is 14.7. The molecule has 32 heavy (non-hydrogen) atoms. The summed E-state index contributed by atoms with van der Waals surface area (Å²) in [6.07, 6.45) is 2.54. The fraction of sp³-hybridized carbons (Fsp3) is 0.240. The number of methoxy groups -OCH3 is 1. The number of ether oxygens (including phenoxy) is 1. The van der Waals surface area contributed by atoms with Crippen LogP contribution in [-0.4, -0.2) is 30.8 Å². The second-order valence-corrected chi connectivity index (χ2v) is 7.24. The van der Waals surface area contributed by atoms with Gasteiger partial charge in [0.2, 0.25) is 11.8 Å². The molecule has 0 saturated carbocycles. The Morgan fingerprint density at radius 1 is 1.03 bits per heavy atom. The van der Waals surface area contributed by atoms with E-state index in [4.69, 9.17) is 4.74 Å². The lowest BCUT2D eigenvalue weighted by Gasteiger charge is -2.18. The molecule has 0 N–H and O–H groups in total. The third-order valence-electron chi connectivity index (χ3n) is 5.28. The number of Topliss-reactive ketones (excluding diaryl/α,β-unsaturated/α-hetero) is 1. The zero-order valence-corrected chi connectivity index (χ0v) is 18.2. The number of amides is 1. The zero-order valence-electron chi connectivity index (χ0n) is 18.2. The molecule has 3 aromatic rings. The van der Waals surface area contributed by atoms with Crippen molar-refractivity contribution in [1.82, 2.24) is 4.98 Å². The van der Waals surface area contributed by atoms with E-state index >= 15 is 0 Å². The number of anilines is 1. The van der Waals surface area contributed by atoms with Gasteiger partial charge in [0.15, 0.2) is 17.4 Å². The smallest absolute Gasteiger partial charge is 0.226 e. The third kappa shape index (κ3) is 4.82. The van der Waals surface area contributed by atoms with Gasteiger partial charge >= 0.3 is 0 Å². The molecule has 0 spiro atoms. The predicted molar refractivity (Wildman–Crippen MR) is 119 cm³/mol. The summed E-state index contributed by atoms with van der Waals surface area (Å²) in [6.45, 7) is 1.65. The lowest BCUT2D eigenvalue weighted by atomic mass is 9.99. The number of carbonyl (C=O) groups is 2. The second kappa shape index (κ2) is 10.1. The van der Waals surface area contributed by atoms with E-state index in [9.17, 15) is 18.4 Å². The van der Waals surface area contributed by atoms with Crippen molar-refractivity contribution in [2.75, 3.05) is 19.1 Å². The molecule has 7 heteroatoms. The van der Waals surface area contributed by atoms with Crippen LogP contribution < -0.4 is 9.64 Å². The molecule has 2 aromatic carbocycles. The lowest BCUT2D eigenvalue weighted by Crippen LogP contribution is -2.26. The van der Waals surface area contributed by atoms with E-state index in [2.05, 4.69) is 4.98 Å². The molecule has 0 aliphatic rings. The first-order chi connectivity index (χ1) is 15.4. The van der Waals surface area contributed by atoms with Crippen LogP contribution in [0.25, 0.3) is 11.1 Å². The van der Waals surface area contributed by atoms with Crippen LogP contribution in [0.3, 0.4) is 0 Å². The first-order valence-electron chi connectivity index (χ1n) is 10.2. The van der Waals surface area contributed by atoms with Crippen LogP contribution in [0.4, 0.5) is 14.5 Å². The molecule has 3 rings (SSSR count). The summed E-state index contributed by atoms with van der Waals surface area (Å²) < 4.78 is 34.5. The molecule has 1 heterocycles. The normalized spacial score (nSPS) is 10.7. The summed E-state index contributed by atoms with van der Waals surface area (Å²) in [5.41, 5.74) is 1.69. The van der Waals surface area contributed by atoms with Crippen LogP contribution in [0.2, 0.25) is 0 Å². The highest BCUT2D eigenvalue weighted by Crippen LogP contribution is 2.30. The van der Waals surface area contributed by atoms with Crippen molar-refractivity contribution in [3.8, 4) is 17.0 Å². The molecule has 0 atom stereocenters. The van der Waals surface area contributed by atoms with Crippen molar-refractivity contribution in [2.45, 2.75) is 26.2 Å². The molecule has 0 unspecified atom stereocenters. The van der Waals surface area contributed by atoms with Crippen LogP contribution >= 0.6 is 0 Å². The van der Waals surface area contributed by atoms with Crippen LogP contribution in [0.1, 0.15) is 35.7 Å². The number of aromatic nitrogens is 1. The Balaban J connectivity index is 1.76. The van der Waals surface area contributed by atoms with Gasteiger partial charge in [0.05, 0.1) is 12.8 Å². The summed E-state index contributed by atoms with van der Waals surface area (Å²) in [5, 5.41) is 0. The van der Waals surface area contributed by atoms with E-state index in [0.717, 1.165) is 10.5 Å². The average molecular weight is 438 g/mol. The number of aryl methyl sites for hydroxylation is 1. The van der Waals surface area contributed by atoms with Gasteiger partial charge in [-0.1, -0.05) is 37.3 Å². The van der Waals surface area contributed by atoms with E-state index < -0.39 is 11.6 Å². The van der Waals surface area contributed by atoms with Crippen molar-refractivity contribution >= 4 is 17.4 Å². The SMILES string of the molecule is CCC(=O)N(C)c1ccc(-c2ccc(C(=O)CCc3cccnc3OC)cc2)c(F)c1F. The molecule has 0 fully saturated rings.